The third-order valence-electron chi connectivity index (χ3n) is 4.11. The van der Waals surface area contributed by atoms with Gasteiger partial charge in [-0.2, -0.15) is 0 Å². The van der Waals surface area contributed by atoms with E-state index in [1.165, 1.54) is 12.0 Å². The molecule has 2 N–H and O–H groups in total. The number of ether oxygens (including phenoxy) is 1. The molecular formula is C16H25NO2. The van der Waals surface area contributed by atoms with Crippen LogP contribution in [0.3, 0.4) is 0 Å². The van der Waals surface area contributed by atoms with Crippen LogP contribution in [0.5, 0.6) is 5.75 Å². The van der Waals surface area contributed by atoms with E-state index in [0.29, 0.717) is 18.4 Å². The minimum atomic E-state index is 0.299. The van der Waals surface area contributed by atoms with E-state index in [0.717, 1.165) is 38.1 Å². The maximum Gasteiger partial charge on any atom is 0.119 e. The maximum atomic E-state index is 8.96. The van der Waals surface area contributed by atoms with Crippen LogP contribution in [-0.2, 0) is 0 Å². The van der Waals surface area contributed by atoms with Crippen LogP contribution in [0, 0.1) is 5.92 Å². The fraction of sp³-hybridized carbons (Fsp3) is 0.625. The largest absolute Gasteiger partial charge is 0.497 e. The molecule has 3 nitrogen and oxygen atoms in total. The molecule has 1 saturated heterocycles. The smallest absolute Gasteiger partial charge is 0.119 e. The summed E-state index contributed by atoms with van der Waals surface area (Å²) in [4.78, 5) is 0. The average molecular weight is 263 g/mol. The van der Waals surface area contributed by atoms with Crippen LogP contribution in [0.15, 0.2) is 24.3 Å². The number of aliphatic hydroxyl groups is 1. The van der Waals surface area contributed by atoms with E-state index in [4.69, 9.17) is 9.84 Å². The molecule has 1 aliphatic rings. The Morgan fingerprint density at radius 2 is 2.32 bits per heavy atom. The summed E-state index contributed by atoms with van der Waals surface area (Å²) in [6, 6.07) is 8.46. The first-order valence-corrected chi connectivity index (χ1v) is 7.30. The highest BCUT2D eigenvalue weighted by Crippen LogP contribution is 2.34. The highest BCUT2D eigenvalue weighted by molar-refractivity contribution is 5.31. The first-order valence-electron chi connectivity index (χ1n) is 7.30. The highest BCUT2D eigenvalue weighted by Gasteiger charge is 2.25. The predicted octanol–water partition coefficient (Wildman–Crippen LogP) is 2.55. The van der Waals surface area contributed by atoms with Gasteiger partial charge in [0, 0.05) is 6.61 Å². The average Bonchev–Trinajstić information content (AvgIpc) is 2.97. The molecule has 1 fully saturated rings. The summed E-state index contributed by atoms with van der Waals surface area (Å²) < 4.78 is 5.34. The number of benzene rings is 1. The predicted molar refractivity (Wildman–Crippen MR) is 77.6 cm³/mol. The molecule has 0 aromatic heterocycles. The van der Waals surface area contributed by atoms with Crippen molar-refractivity contribution < 1.29 is 9.84 Å². The van der Waals surface area contributed by atoms with Gasteiger partial charge >= 0.3 is 0 Å². The van der Waals surface area contributed by atoms with Crippen molar-refractivity contribution in [3.05, 3.63) is 29.8 Å². The van der Waals surface area contributed by atoms with Crippen LogP contribution in [0.1, 0.15) is 37.2 Å². The second-order valence-electron chi connectivity index (χ2n) is 5.36. The van der Waals surface area contributed by atoms with Crippen LogP contribution in [0.4, 0.5) is 0 Å². The van der Waals surface area contributed by atoms with Crippen molar-refractivity contribution in [2.24, 2.45) is 5.92 Å². The molecule has 0 amide bonds. The molecule has 2 unspecified atom stereocenters. The summed E-state index contributed by atoms with van der Waals surface area (Å²) >= 11 is 0. The third kappa shape index (κ3) is 3.95. The SMILES string of the molecule is COc1cccc(C(CCCCO)C2CCNC2)c1. The molecule has 0 spiro atoms. The summed E-state index contributed by atoms with van der Waals surface area (Å²) in [5, 5.41) is 12.4. The van der Waals surface area contributed by atoms with Crippen LogP contribution in [0.2, 0.25) is 0 Å². The van der Waals surface area contributed by atoms with Gasteiger partial charge < -0.3 is 15.2 Å². The van der Waals surface area contributed by atoms with E-state index >= 15 is 0 Å². The number of methoxy groups -OCH3 is 1. The molecule has 0 aliphatic carbocycles. The lowest BCUT2D eigenvalue weighted by Gasteiger charge is -2.24. The van der Waals surface area contributed by atoms with Crippen molar-refractivity contribution in [3.8, 4) is 5.75 Å². The van der Waals surface area contributed by atoms with Gasteiger partial charge in [0.25, 0.3) is 0 Å². The van der Waals surface area contributed by atoms with Gasteiger partial charge in [0.05, 0.1) is 7.11 Å². The Labute approximate surface area is 116 Å². The number of hydrogen-bond acceptors (Lipinski definition) is 3. The lowest BCUT2D eigenvalue weighted by atomic mass is 9.82. The van der Waals surface area contributed by atoms with Crippen molar-refractivity contribution in [3.63, 3.8) is 0 Å². The Hall–Kier alpha value is -1.06. The molecule has 1 heterocycles. The van der Waals surface area contributed by atoms with E-state index in [2.05, 4.69) is 23.5 Å². The Kier molecular flexibility index (Phi) is 5.67. The summed E-state index contributed by atoms with van der Waals surface area (Å²) in [6.45, 7) is 2.54. The van der Waals surface area contributed by atoms with Gasteiger partial charge in [-0.25, -0.2) is 0 Å². The van der Waals surface area contributed by atoms with Gasteiger partial charge in [0.2, 0.25) is 0 Å². The maximum absolute atomic E-state index is 8.96. The quantitative estimate of drug-likeness (QED) is 0.743. The topological polar surface area (TPSA) is 41.5 Å². The zero-order valence-corrected chi connectivity index (χ0v) is 11.8. The molecule has 1 aromatic rings. The summed E-state index contributed by atoms with van der Waals surface area (Å²) in [5.74, 6) is 2.23. The highest BCUT2D eigenvalue weighted by atomic mass is 16.5. The van der Waals surface area contributed by atoms with Crippen LogP contribution in [-0.4, -0.2) is 31.9 Å². The summed E-state index contributed by atoms with van der Waals surface area (Å²) in [5.41, 5.74) is 1.38. The molecular weight excluding hydrogens is 238 g/mol. The molecule has 2 rings (SSSR count). The van der Waals surface area contributed by atoms with Gasteiger partial charge in [-0.1, -0.05) is 18.6 Å². The Balaban J connectivity index is 2.09. The van der Waals surface area contributed by atoms with E-state index in [9.17, 15) is 0 Å². The fourth-order valence-electron chi connectivity index (χ4n) is 3.04. The Bertz CT molecular complexity index is 375. The molecule has 1 aliphatic heterocycles. The third-order valence-corrected chi connectivity index (χ3v) is 4.11. The van der Waals surface area contributed by atoms with Gasteiger partial charge in [0.1, 0.15) is 5.75 Å². The molecule has 3 heteroatoms. The van der Waals surface area contributed by atoms with E-state index in [-0.39, 0.29) is 0 Å². The molecule has 0 bridgehead atoms. The van der Waals surface area contributed by atoms with Crippen molar-refractivity contribution in [2.75, 3.05) is 26.8 Å². The molecule has 2 atom stereocenters. The molecule has 106 valence electrons. The molecule has 0 radical (unpaired) electrons. The molecule has 19 heavy (non-hydrogen) atoms. The van der Waals surface area contributed by atoms with E-state index in [1.54, 1.807) is 7.11 Å². The van der Waals surface area contributed by atoms with Gasteiger partial charge in [-0.05, 0) is 61.9 Å². The van der Waals surface area contributed by atoms with Crippen LogP contribution in [0.25, 0.3) is 0 Å². The number of unbranched alkanes of at least 4 members (excludes halogenated alkanes) is 1. The minimum absolute atomic E-state index is 0.299. The Morgan fingerprint density at radius 3 is 3.00 bits per heavy atom. The molecule has 0 saturated carbocycles. The van der Waals surface area contributed by atoms with Crippen LogP contribution >= 0.6 is 0 Å². The van der Waals surface area contributed by atoms with E-state index in [1.807, 2.05) is 6.07 Å². The Morgan fingerprint density at radius 1 is 1.42 bits per heavy atom. The van der Waals surface area contributed by atoms with Crippen LogP contribution < -0.4 is 10.1 Å². The normalized spacial score (nSPS) is 20.4. The summed E-state index contributed by atoms with van der Waals surface area (Å²) in [6.07, 6.45) is 4.40. The van der Waals surface area contributed by atoms with Crippen molar-refractivity contribution in [1.82, 2.24) is 5.32 Å². The standard InChI is InChI=1S/C16H25NO2/c1-19-15-6-4-5-13(11-15)16(7-2-3-10-18)14-8-9-17-12-14/h4-6,11,14,16-18H,2-3,7-10,12H2,1H3. The lowest BCUT2D eigenvalue weighted by Crippen LogP contribution is -2.17. The number of nitrogens with one attached hydrogen (secondary N) is 1. The number of hydrogen-bond donors (Lipinski definition) is 2. The zero-order valence-electron chi connectivity index (χ0n) is 11.8. The monoisotopic (exact) mass is 263 g/mol. The first kappa shape index (κ1) is 14.4. The second kappa shape index (κ2) is 7.51. The summed E-state index contributed by atoms with van der Waals surface area (Å²) in [7, 11) is 1.72. The van der Waals surface area contributed by atoms with Crippen molar-refractivity contribution >= 4 is 0 Å². The van der Waals surface area contributed by atoms with E-state index < -0.39 is 0 Å². The van der Waals surface area contributed by atoms with Gasteiger partial charge in [-0.3, -0.25) is 0 Å². The molecule has 1 aromatic carbocycles. The fourth-order valence-corrected chi connectivity index (χ4v) is 3.04. The lowest BCUT2D eigenvalue weighted by molar-refractivity contribution is 0.277. The van der Waals surface area contributed by atoms with Gasteiger partial charge in [0.15, 0.2) is 0 Å². The number of aliphatic hydroxyl groups excluding tert-OH is 1. The van der Waals surface area contributed by atoms with Gasteiger partial charge in [-0.15, -0.1) is 0 Å². The number of rotatable bonds is 7. The zero-order chi connectivity index (χ0) is 13.5. The van der Waals surface area contributed by atoms with Crippen molar-refractivity contribution in [1.29, 1.82) is 0 Å². The van der Waals surface area contributed by atoms with Crippen molar-refractivity contribution in [2.45, 2.75) is 31.6 Å². The minimum Gasteiger partial charge on any atom is -0.497 e. The second-order valence-corrected chi connectivity index (χ2v) is 5.36. The first-order chi connectivity index (χ1) is 9.35.